The van der Waals surface area contributed by atoms with Crippen LogP contribution in [0.2, 0.25) is 0 Å². The van der Waals surface area contributed by atoms with Crippen LogP contribution in [-0.2, 0) is 16.6 Å². The van der Waals surface area contributed by atoms with Gasteiger partial charge in [-0.1, -0.05) is 12.1 Å². The van der Waals surface area contributed by atoms with Crippen LogP contribution in [0, 0.1) is 0 Å². The zero-order chi connectivity index (χ0) is 14.6. The van der Waals surface area contributed by atoms with Crippen molar-refractivity contribution in [2.24, 2.45) is 5.14 Å². The molecule has 3 N–H and O–H groups in total. The minimum absolute atomic E-state index is 0.0879. The summed E-state index contributed by atoms with van der Waals surface area (Å²) in [6.45, 7) is 0.491. The molecule has 0 aliphatic carbocycles. The second-order valence-electron chi connectivity index (χ2n) is 3.99. The SMILES string of the molecule is COc1cc(NCc2ccc(S(N)(=O)=O)cc2)ncn1. The number of nitrogens with zero attached hydrogens (tertiary/aromatic N) is 2. The Hall–Kier alpha value is -2.19. The molecule has 0 fully saturated rings. The van der Waals surface area contributed by atoms with Gasteiger partial charge in [0, 0.05) is 12.6 Å². The molecule has 0 aliphatic heterocycles. The maximum absolute atomic E-state index is 11.1. The number of aromatic nitrogens is 2. The average molecular weight is 294 g/mol. The number of primary sulfonamides is 1. The summed E-state index contributed by atoms with van der Waals surface area (Å²) in [4.78, 5) is 8.03. The summed E-state index contributed by atoms with van der Waals surface area (Å²) in [7, 11) is -2.13. The zero-order valence-electron chi connectivity index (χ0n) is 10.8. The summed E-state index contributed by atoms with van der Waals surface area (Å²) in [6, 6.07) is 7.97. The predicted molar refractivity (Wildman–Crippen MR) is 73.7 cm³/mol. The van der Waals surface area contributed by atoms with Crippen LogP contribution in [0.1, 0.15) is 5.56 Å². The molecule has 1 heterocycles. The minimum atomic E-state index is -3.65. The lowest BCUT2D eigenvalue weighted by Gasteiger charge is -2.07. The molecule has 2 aromatic rings. The molecule has 1 aromatic heterocycles. The number of methoxy groups -OCH3 is 1. The third kappa shape index (κ3) is 3.65. The molecule has 0 unspecified atom stereocenters. The van der Waals surface area contributed by atoms with Crippen molar-refractivity contribution < 1.29 is 13.2 Å². The van der Waals surface area contributed by atoms with Gasteiger partial charge in [0.25, 0.3) is 0 Å². The van der Waals surface area contributed by atoms with Crippen molar-refractivity contribution in [3.8, 4) is 5.88 Å². The van der Waals surface area contributed by atoms with Crippen LogP contribution in [-0.4, -0.2) is 25.5 Å². The van der Waals surface area contributed by atoms with Crippen molar-refractivity contribution in [1.82, 2.24) is 9.97 Å². The number of nitrogens with two attached hydrogens (primary N) is 1. The first kappa shape index (κ1) is 14.2. The zero-order valence-corrected chi connectivity index (χ0v) is 11.6. The normalized spacial score (nSPS) is 11.1. The molecule has 106 valence electrons. The average Bonchev–Trinajstić information content (AvgIpc) is 2.45. The first-order valence-electron chi connectivity index (χ1n) is 5.70. The molecule has 1 aromatic carbocycles. The van der Waals surface area contributed by atoms with Crippen LogP contribution in [0.4, 0.5) is 5.82 Å². The fraction of sp³-hybridized carbons (Fsp3) is 0.167. The van der Waals surface area contributed by atoms with Crippen LogP contribution in [0.3, 0.4) is 0 Å². The van der Waals surface area contributed by atoms with Gasteiger partial charge in [-0.2, -0.15) is 0 Å². The van der Waals surface area contributed by atoms with Gasteiger partial charge in [-0.15, -0.1) is 0 Å². The first-order chi connectivity index (χ1) is 9.49. The standard InChI is InChI=1S/C12H14N4O3S/c1-19-12-6-11(15-8-16-12)14-7-9-2-4-10(5-3-9)20(13,17)18/h2-6,8H,7H2,1H3,(H2,13,17,18)(H,14,15,16). The molecule has 0 radical (unpaired) electrons. The van der Waals surface area contributed by atoms with Crippen LogP contribution < -0.4 is 15.2 Å². The number of benzene rings is 1. The van der Waals surface area contributed by atoms with E-state index in [4.69, 9.17) is 9.88 Å². The Bertz CT molecular complexity index is 686. The van der Waals surface area contributed by atoms with Gasteiger partial charge in [0.05, 0.1) is 12.0 Å². The van der Waals surface area contributed by atoms with Gasteiger partial charge in [0.1, 0.15) is 12.1 Å². The highest BCUT2D eigenvalue weighted by Crippen LogP contribution is 2.13. The summed E-state index contributed by atoms with van der Waals surface area (Å²) < 4.78 is 27.2. The highest BCUT2D eigenvalue weighted by molar-refractivity contribution is 7.89. The van der Waals surface area contributed by atoms with Crippen LogP contribution in [0.25, 0.3) is 0 Å². The Morgan fingerprint density at radius 3 is 2.55 bits per heavy atom. The van der Waals surface area contributed by atoms with Gasteiger partial charge in [-0.3, -0.25) is 0 Å². The number of hydrogen-bond donors (Lipinski definition) is 2. The molecule has 0 atom stereocenters. The summed E-state index contributed by atoms with van der Waals surface area (Å²) in [5, 5.41) is 8.11. The Balaban J connectivity index is 2.04. The van der Waals surface area contributed by atoms with Crippen molar-refractivity contribution in [3.05, 3.63) is 42.2 Å². The molecule has 7 nitrogen and oxygen atoms in total. The highest BCUT2D eigenvalue weighted by atomic mass is 32.2. The van der Waals surface area contributed by atoms with Gasteiger partial charge >= 0.3 is 0 Å². The maximum Gasteiger partial charge on any atom is 0.238 e. The number of ether oxygens (including phenoxy) is 1. The van der Waals surface area contributed by atoms with Gasteiger partial charge in [-0.05, 0) is 17.7 Å². The third-order valence-electron chi connectivity index (χ3n) is 2.58. The van der Waals surface area contributed by atoms with Crippen molar-refractivity contribution in [2.45, 2.75) is 11.4 Å². The van der Waals surface area contributed by atoms with E-state index in [1.54, 1.807) is 18.2 Å². The molecule has 2 rings (SSSR count). The lowest BCUT2D eigenvalue weighted by atomic mass is 10.2. The van der Waals surface area contributed by atoms with E-state index in [-0.39, 0.29) is 4.90 Å². The Morgan fingerprint density at radius 1 is 1.25 bits per heavy atom. The van der Waals surface area contributed by atoms with E-state index < -0.39 is 10.0 Å². The molecule has 0 saturated heterocycles. The van der Waals surface area contributed by atoms with E-state index in [0.29, 0.717) is 18.2 Å². The van der Waals surface area contributed by atoms with Crippen LogP contribution in [0.15, 0.2) is 41.6 Å². The second kappa shape index (κ2) is 5.85. The van der Waals surface area contributed by atoms with Crippen molar-refractivity contribution in [3.63, 3.8) is 0 Å². The maximum atomic E-state index is 11.1. The molecule has 0 amide bonds. The Morgan fingerprint density at radius 2 is 1.95 bits per heavy atom. The lowest BCUT2D eigenvalue weighted by Crippen LogP contribution is -2.12. The minimum Gasteiger partial charge on any atom is -0.481 e. The van der Waals surface area contributed by atoms with Crippen molar-refractivity contribution in [1.29, 1.82) is 0 Å². The fourth-order valence-corrected chi connectivity index (χ4v) is 2.05. The smallest absolute Gasteiger partial charge is 0.238 e. The van der Waals surface area contributed by atoms with Crippen LogP contribution in [0.5, 0.6) is 5.88 Å². The Kier molecular flexibility index (Phi) is 4.16. The topological polar surface area (TPSA) is 107 Å². The Labute approximate surface area is 116 Å². The van der Waals surface area contributed by atoms with Crippen LogP contribution >= 0.6 is 0 Å². The van der Waals surface area contributed by atoms with Gasteiger partial charge in [0.2, 0.25) is 15.9 Å². The fourth-order valence-electron chi connectivity index (χ4n) is 1.54. The largest absolute Gasteiger partial charge is 0.481 e. The number of anilines is 1. The van der Waals surface area contributed by atoms with E-state index in [2.05, 4.69) is 15.3 Å². The summed E-state index contributed by atoms with van der Waals surface area (Å²) in [5.41, 5.74) is 0.898. The summed E-state index contributed by atoms with van der Waals surface area (Å²) in [5.74, 6) is 1.08. The molecule has 0 spiro atoms. The second-order valence-corrected chi connectivity index (χ2v) is 5.55. The molecular weight excluding hydrogens is 280 g/mol. The highest BCUT2D eigenvalue weighted by Gasteiger charge is 2.06. The number of rotatable bonds is 5. The monoisotopic (exact) mass is 294 g/mol. The lowest BCUT2D eigenvalue weighted by molar-refractivity contribution is 0.397. The molecular formula is C12H14N4O3S. The molecule has 8 heteroatoms. The van der Waals surface area contributed by atoms with E-state index in [1.165, 1.54) is 25.6 Å². The molecule has 0 aliphatic rings. The third-order valence-corrected chi connectivity index (χ3v) is 3.51. The van der Waals surface area contributed by atoms with E-state index in [0.717, 1.165) is 5.56 Å². The predicted octanol–water partition coefficient (Wildman–Crippen LogP) is 0.745. The van der Waals surface area contributed by atoms with Gasteiger partial charge in [0.15, 0.2) is 0 Å². The van der Waals surface area contributed by atoms with Gasteiger partial charge in [-0.25, -0.2) is 23.5 Å². The molecule has 20 heavy (non-hydrogen) atoms. The molecule has 0 saturated carbocycles. The van der Waals surface area contributed by atoms with Crippen molar-refractivity contribution in [2.75, 3.05) is 12.4 Å². The van der Waals surface area contributed by atoms with E-state index >= 15 is 0 Å². The van der Waals surface area contributed by atoms with Crippen molar-refractivity contribution >= 4 is 15.8 Å². The van der Waals surface area contributed by atoms with Gasteiger partial charge < -0.3 is 10.1 Å². The molecule has 0 bridgehead atoms. The van der Waals surface area contributed by atoms with E-state index in [1.807, 2.05) is 0 Å². The quantitative estimate of drug-likeness (QED) is 0.842. The number of hydrogen-bond acceptors (Lipinski definition) is 6. The number of sulfonamides is 1. The summed E-state index contributed by atoms with van der Waals surface area (Å²) >= 11 is 0. The number of nitrogens with one attached hydrogen (secondary N) is 1. The first-order valence-corrected chi connectivity index (χ1v) is 7.25. The summed E-state index contributed by atoms with van der Waals surface area (Å²) in [6.07, 6.45) is 1.39. The van der Waals surface area contributed by atoms with E-state index in [9.17, 15) is 8.42 Å².